The molecule has 2 amide bonds. The van der Waals surface area contributed by atoms with Gasteiger partial charge in [-0.3, -0.25) is 14.4 Å². The van der Waals surface area contributed by atoms with Crippen LogP contribution < -0.4 is 5.32 Å². The number of esters is 1. The van der Waals surface area contributed by atoms with Crippen LogP contribution in [-0.4, -0.2) is 48.9 Å². The van der Waals surface area contributed by atoms with E-state index in [1.165, 1.54) is 7.05 Å². The summed E-state index contributed by atoms with van der Waals surface area (Å²) < 4.78 is 4.91. The van der Waals surface area contributed by atoms with Crippen molar-refractivity contribution in [2.24, 2.45) is 5.92 Å². The van der Waals surface area contributed by atoms with Gasteiger partial charge in [0, 0.05) is 26.1 Å². The lowest BCUT2D eigenvalue weighted by molar-refractivity contribution is -0.152. The lowest BCUT2D eigenvalue weighted by Crippen LogP contribution is -2.35. The number of hydrogen-bond donors (Lipinski definition) is 1. The van der Waals surface area contributed by atoms with Gasteiger partial charge in [0.25, 0.3) is 5.91 Å². The summed E-state index contributed by atoms with van der Waals surface area (Å²) in [6.07, 6.45) is 4.58. The van der Waals surface area contributed by atoms with Gasteiger partial charge in [-0.15, -0.1) is 0 Å². The highest BCUT2D eigenvalue weighted by Gasteiger charge is 2.39. The Morgan fingerprint density at radius 2 is 2.05 bits per heavy atom. The van der Waals surface area contributed by atoms with Crippen LogP contribution >= 0.6 is 0 Å². The third-order valence-electron chi connectivity index (χ3n) is 3.88. The van der Waals surface area contributed by atoms with Gasteiger partial charge in [-0.05, 0) is 12.8 Å². The van der Waals surface area contributed by atoms with Gasteiger partial charge in [0.15, 0.2) is 6.61 Å². The average Bonchev–Trinajstić information content (AvgIpc) is 3.04. The molecule has 2 aliphatic rings. The smallest absolute Gasteiger partial charge is 0.311 e. The van der Waals surface area contributed by atoms with Crippen molar-refractivity contribution in [1.82, 2.24) is 10.2 Å². The first-order chi connectivity index (χ1) is 9.11. The van der Waals surface area contributed by atoms with Crippen molar-refractivity contribution < 1.29 is 19.1 Å². The minimum absolute atomic E-state index is 0.0359. The Bertz CT molecular complexity index is 377. The molecule has 2 rings (SSSR count). The highest BCUT2D eigenvalue weighted by molar-refractivity contribution is 5.88. The molecule has 1 atom stereocenters. The summed E-state index contributed by atoms with van der Waals surface area (Å²) in [5.41, 5.74) is 0. The number of carbonyl (C=O) groups is 3. The van der Waals surface area contributed by atoms with Crippen molar-refractivity contribution in [3.63, 3.8) is 0 Å². The topological polar surface area (TPSA) is 75.7 Å². The molecule has 0 aromatic heterocycles. The van der Waals surface area contributed by atoms with E-state index >= 15 is 0 Å². The monoisotopic (exact) mass is 268 g/mol. The molecular formula is C13H20N2O4. The molecule has 0 aromatic rings. The van der Waals surface area contributed by atoms with Crippen LogP contribution in [0.25, 0.3) is 0 Å². The molecular weight excluding hydrogens is 248 g/mol. The molecule has 1 aliphatic heterocycles. The number of hydrogen-bond acceptors (Lipinski definition) is 4. The van der Waals surface area contributed by atoms with Crippen LogP contribution in [0.15, 0.2) is 0 Å². The molecule has 0 aromatic carbocycles. The van der Waals surface area contributed by atoms with Crippen molar-refractivity contribution in [2.45, 2.75) is 38.1 Å². The number of amides is 2. The first-order valence-electron chi connectivity index (χ1n) is 6.78. The van der Waals surface area contributed by atoms with Crippen molar-refractivity contribution in [2.75, 3.05) is 20.2 Å². The van der Waals surface area contributed by atoms with Crippen LogP contribution in [0.4, 0.5) is 0 Å². The first kappa shape index (κ1) is 13.8. The Kier molecular flexibility index (Phi) is 4.39. The maximum atomic E-state index is 11.9. The minimum Gasteiger partial charge on any atom is -0.455 e. The lowest BCUT2D eigenvalue weighted by Gasteiger charge is -2.23. The largest absolute Gasteiger partial charge is 0.455 e. The fourth-order valence-corrected chi connectivity index (χ4v) is 2.79. The third kappa shape index (κ3) is 3.24. The van der Waals surface area contributed by atoms with E-state index in [1.807, 2.05) is 4.90 Å². The third-order valence-corrected chi connectivity index (χ3v) is 3.88. The normalized spacial score (nSPS) is 23.7. The van der Waals surface area contributed by atoms with Crippen LogP contribution in [0.1, 0.15) is 32.1 Å². The second-order valence-corrected chi connectivity index (χ2v) is 5.17. The summed E-state index contributed by atoms with van der Waals surface area (Å²) >= 11 is 0. The number of ether oxygens (including phenoxy) is 1. The van der Waals surface area contributed by atoms with Gasteiger partial charge in [0.2, 0.25) is 5.91 Å². The maximum Gasteiger partial charge on any atom is 0.311 e. The number of rotatable bonds is 4. The molecule has 0 bridgehead atoms. The standard InChI is InChI=1S/C13H20N2O4/c1-14-11(16)8-19-13(18)9-6-12(17)15(7-9)10-4-2-3-5-10/h9-10H,2-8H2,1H3,(H,14,16)/t9-/m0/s1. The van der Waals surface area contributed by atoms with Gasteiger partial charge in [-0.25, -0.2) is 0 Å². The summed E-state index contributed by atoms with van der Waals surface area (Å²) in [5.74, 6) is -1.17. The SMILES string of the molecule is CNC(=O)COC(=O)[C@H]1CC(=O)N(C2CCCC2)C1. The number of likely N-dealkylation sites (tertiary alicyclic amines) is 1. The van der Waals surface area contributed by atoms with E-state index in [4.69, 9.17) is 4.74 Å². The molecule has 1 saturated carbocycles. The van der Waals surface area contributed by atoms with Crippen molar-refractivity contribution in [3.05, 3.63) is 0 Å². The van der Waals surface area contributed by atoms with E-state index in [1.54, 1.807) is 0 Å². The summed E-state index contributed by atoms with van der Waals surface area (Å²) in [7, 11) is 1.48. The quantitative estimate of drug-likeness (QED) is 0.732. The Morgan fingerprint density at radius 1 is 1.37 bits per heavy atom. The minimum atomic E-state index is -0.447. The zero-order valence-electron chi connectivity index (χ0n) is 11.2. The van der Waals surface area contributed by atoms with Gasteiger partial charge >= 0.3 is 5.97 Å². The predicted octanol–water partition coefficient (Wildman–Crippen LogP) is 0.0667. The van der Waals surface area contributed by atoms with E-state index in [0.717, 1.165) is 25.7 Å². The van der Waals surface area contributed by atoms with Crippen molar-refractivity contribution in [1.29, 1.82) is 0 Å². The van der Waals surface area contributed by atoms with Crippen LogP contribution in [0.5, 0.6) is 0 Å². The van der Waals surface area contributed by atoms with Crippen LogP contribution in [0.3, 0.4) is 0 Å². The molecule has 106 valence electrons. The highest BCUT2D eigenvalue weighted by Crippen LogP contribution is 2.29. The zero-order chi connectivity index (χ0) is 13.8. The fraction of sp³-hybridized carbons (Fsp3) is 0.769. The molecule has 1 aliphatic carbocycles. The Labute approximate surface area is 112 Å². The van der Waals surface area contributed by atoms with Gasteiger partial charge in [0.05, 0.1) is 5.92 Å². The number of likely N-dealkylation sites (N-methyl/N-ethyl adjacent to an activating group) is 1. The Balaban J connectivity index is 1.84. The first-order valence-corrected chi connectivity index (χ1v) is 6.78. The fourth-order valence-electron chi connectivity index (χ4n) is 2.79. The maximum absolute atomic E-state index is 11.9. The Morgan fingerprint density at radius 3 is 2.68 bits per heavy atom. The molecule has 0 radical (unpaired) electrons. The molecule has 19 heavy (non-hydrogen) atoms. The molecule has 0 unspecified atom stereocenters. The van der Waals surface area contributed by atoms with Crippen molar-refractivity contribution >= 4 is 17.8 Å². The molecule has 1 N–H and O–H groups in total. The van der Waals surface area contributed by atoms with Gasteiger partial charge in [0.1, 0.15) is 0 Å². The number of nitrogens with one attached hydrogen (secondary N) is 1. The van der Waals surface area contributed by atoms with Crippen LogP contribution in [-0.2, 0) is 19.1 Å². The van der Waals surface area contributed by atoms with Gasteiger partial charge in [-0.2, -0.15) is 0 Å². The van der Waals surface area contributed by atoms with E-state index in [2.05, 4.69) is 5.32 Å². The molecule has 6 heteroatoms. The van der Waals surface area contributed by atoms with E-state index < -0.39 is 11.9 Å². The summed E-state index contributed by atoms with van der Waals surface area (Å²) in [5, 5.41) is 2.38. The van der Waals surface area contributed by atoms with E-state index in [9.17, 15) is 14.4 Å². The summed E-state index contributed by atoms with van der Waals surface area (Å²) in [4.78, 5) is 36.5. The molecule has 1 saturated heterocycles. The van der Waals surface area contributed by atoms with Gasteiger partial charge in [-0.1, -0.05) is 12.8 Å². The number of nitrogens with zero attached hydrogens (tertiary/aromatic N) is 1. The predicted molar refractivity (Wildman–Crippen MR) is 67.1 cm³/mol. The van der Waals surface area contributed by atoms with Gasteiger partial charge < -0.3 is 15.0 Å². The second-order valence-electron chi connectivity index (χ2n) is 5.17. The highest BCUT2D eigenvalue weighted by atomic mass is 16.5. The lowest BCUT2D eigenvalue weighted by atomic mass is 10.1. The zero-order valence-corrected chi connectivity index (χ0v) is 11.2. The van der Waals surface area contributed by atoms with E-state index in [0.29, 0.717) is 12.6 Å². The van der Waals surface area contributed by atoms with Crippen LogP contribution in [0.2, 0.25) is 0 Å². The second kappa shape index (κ2) is 6.04. The molecule has 6 nitrogen and oxygen atoms in total. The Hall–Kier alpha value is -1.59. The molecule has 0 spiro atoms. The van der Waals surface area contributed by atoms with Crippen molar-refractivity contribution in [3.8, 4) is 0 Å². The average molecular weight is 268 g/mol. The van der Waals surface area contributed by atoms with Crippen LogP contribution in [0, 0.1) is 5.92 Å². The molecule has 1 heterocycles. The molecule has 2 fully saturated rings. The number of carbonyl (C=O) groups excluding carboxylic acids is 3. The summed E-state index contributed by atoms with van der Waals surface area (Å²) in [6, 6.07) is 0.296. The van der Waals surface area contributed by atoms with E-state index in [-0.39, 0.29) is 24.8 Å². The summed E-state index contributed by atoms with van der Waals surface area (Å²) in [6.45, 7) is 0.166.